The molecule has 1 saturated heterocycles. The molecule has 0 radical (unpaired) electrons. The molecular weight excluding hydrogens is 478 g/mol. The van der Waals surface area contributed by atoms with Gasteiger partial charge in [0.1, 0.15) is 5.75 Å². The quantitative estimate of drug-likeness (QED) is 0.554. The first-order valence-electron chi connectivity index (χ1n) is 12.6. The molecule has 1 atom stereocenters. The number of benzene rings is 2. The number of carbonyl (C=O) groups excluding carboxylic acids is 2. The Morgan fingerprint density at radius 2 is 1.75 bits per heavy atom. The molecule has 9 heteroatoms. The number of methoxy groups -OCH3 is 1. The van der Waals surface area contributed by atoms with Gasteiger partial charge in [-0.15, -0.1) is 0 Å². The molecule has 2 aromatic rings. The number of sulfonamides is 1. The molecule has 1 heterocycles. The number of amides is 2. The van der Waals surface area contributed by atoms with E-state index in [-0.39, 0.29) is 35.2 Å². The van der Waals surface area contributed by atoms with Gasteiger partial charge in [-0.05, 0) is 80.8 Å². The summed E-state index contributed by atoms with van der Waals surface area (Å²) in [4.78, 5) is 27.4. The van der Waals surface area contributed by atoms with E-state index in [2.05, 4.69) is 22.2 Å². The maximum absolute atomic E-state index is 13.0. The van der Waals surface area contributed by atoms with Crippen molar-refractivity contribution in [3.8, 4) is 5.75 Å². The van der Waals surface area contributed by atoms with Crippen LogP contribution in [0.25, 0.3) is 0 Å². The number of piperidine rings is 1. The summed E-state index contributed by atoms with van der Waals surface area (Å²) in [6.07, 6.45) is 4.88. The normalized spacial score (nSPS) is 18.7. The molecule has 0 spiro atoms. The van der Waals surface area contributed by atoms with Crippen molar-refractivity contribution < 1.29 is 22.7 Å². The number of nitrogens with one attached hydrogen (secondary N) is 2. The second kappa shape index (κ2) is 11.4. The Morgan fingerprint density at radius 3 is 2.44 bits per heavy atom. The number of hydrogen-bond acceptors (Lipinski definition) is 5. The van der Waals surface area contributed by atoms with Gasteiger partial charge >= 0.3 is 0 Å². The zero-order valence-corrected chi connectivity index (χ0v) is 21.8. The zero-order chi connectivity index (χ0) is 25.7. The lowest BCUT2D eigenvalue weighted by molar-refractivity contribution is -0.134. The zero-order valence-electron chi connectivity index (χ0n) is 21.0. The molecule has 0 saturated carbocycles. The topological polar surface area (TPSA) is 105 Å². The highest BCUT2D eigenvalue weighted by Crippen LogP contribution is 2.26. The first-order valence-corrected chi connectivity index (χ1v) is 14.0. The van der Waals surface area contributed by atoms with E-state index in [1.807, 2.05) is 13.0 Å². The third kappa shape index (κ3) is 6.44. The summed E-state index contributed by atoms with van der Waals surface area (Å²) in [5.74, 6) is 0.447. The number of aryl methyl sites for hydroxylation is 2. The largest absolute Gasteiger partial charge is 0.497 e. The van der Waals surface area contributed by atoms with E-state index in [1.54, 1.807) is 24.1 Å². The van der Waals surface area contributed by atoms with E-state index >= 15 is 0 Å². The molecule has 1 fully saturated rings. The molecule has 2 aliphatic rings. The molecule has 8 nitrogen and oxygen atoms in total. The van der Waals surface area contributed by atoms with Crippen LogP contribution in [-0.4, -0.2) is 57.9 Å². The molecule has 4 rings (SSSR count). The van der Waals surface area contributed by atoms with Gasteiger partial charge in [0, 0.05) is 25.0 Å². The fourth-order valence-corrected chi connectivity index (χ4v) is 5.95. The van der Waals surface area contributed by atoms with Crippen LogP contribution in [0.2, 0.25) is 0 Å². The van der Waals surface area contributed by atoms with Gasteiger partial charge < -0.3 is 15.0 Å². The third-order valence-electron chi connectivity index (χ3n) is 7.19. The number of rotatable bonds is 7. The molecule has 36 heavy (non-hydrogen) atoms. The molecule has 2 amide bonds. The summed E-state index contributed by atoms with van der Waals surface area (Å²) < 4.78 is 32.7. The maximum Gasteiger partial charge on any atom is 0.241 e. The SMILES string of the molecule is COc1ccc2c(c1)CC(NC(=O)C1CCN(C(=O)CNS(=O)(=O)c3ccc(C)cc3)CC1)CCC2. The molecule has 0 bridgehead atoms. The fraction of sp³-hybridized carbons (Fsp3) is 0.481. The summed E-state index contributed by atoms with van der Waals surface area (Å²) in [7, 11) is -2.09. The highest BCUT2D eigenvalue weighted by Gasteiger charge is 2.29. The standard InChI is InChI=1S/C27H35N3O5S/c1-19-6-10-25(11-7-19)36(33,34)28-18-26(31)30-14-12-21(13-15-30)27(32)29-23-5-3-4-20-8-9-24(35-2)17-22(20)16-23/h6-11,17,21,23,28H,3-5,12-16,18H2,1-2H3,(H,29,32). The number of hydrogen-bond donors (Lipinski definition) is 2. The van der Waals surface area contributed by atoms with Gasteiger partial charge in [-0.3, -0.25) is 9.59 Å². The number of likely N-dealkylation sites (tertiary alicyclic amines) is 1. The minimum Gasteiger partial charge on any atom is -0.497 e. The van der Waals surface area contributed by atoms with E-state index < -0.39 is 10.0 Å². The monoisotopic (exact) mass is 513 g/mol. The molecular formula is C27H35N3O5S. The number of carbonyl (C=O) groups is 2. The van der Waals surface area contributed by atoms with Crippen molar-refractivity contribution in [2.24, 2.45) is 5.92 Å². The molecule has 2 N–H and O–H groups in total. The maximum atomic E-state index is 13.0. The van der Waals surface area contributed by atoms with E-state index in [4.69, 9.17) is 4.74 Å². The van der Waals surface area contributed by atoms with Crippen molar-refractivity contribution in [1.29, 1.82) is 0 Å². The van der Waals surface area contributed by atoms with Gasteiger partial charge in [0.2, 0.25) is 21.8 Å². The summed E-state index contributed by atoms with van der Waals surface area (Å²) in [6, 6.07) is 12.7. The van der Waals surface area contributed by atoms with Crippen molar-refractivity contribution in [2.45, 2.75) is 56.4 Å². The van der Waals surface area contributed by atoms with Crippen LogP contribution in [0.1, 0.15) is 42.4 Å². The van der Waals surface area contributed by atoms with Crippen LogP contribution >= 0.6 is 0 Å². The molecule has 1 unspecified atom stereocenters. The van der Waals surface area contributed by atoms with Crippen molar-refractivity contribution in [3.05, 3.63) is 59.2 Å². The average molecular weight is 514 g/mol. The Morgan fingerprint density at radius 1 is 1.03 bits per heavy atom. The highest BCUT2D eigenvalue weighted by atomic mass is 32.2. The number of fused-ring (bicyclic) bond motifs is 1. The van der Waals surface area contributed by atoms with Gasteiger partial charge in [-0.2, -0.15) is 0 Å². The predicted molar refractivity (Wildman–Crippen MR) is 137 cm³/mol. The predicted octanol–water partition coefficient (Wildman–Crippen LogP) is 2.58. The second-order valence-electron chi connectivity index (χ2n) is 9.73. The second-order valence-corrected chi connectivity index (χ2v) is 11.5. The highest BCUT2D eigenvalue weighted by molar-refractivity contribution is 7.89. The summed E-state index contributed by atoms with van der Waals surface area (Å²) in [5, 5.41) is 3.24. The Kier molecular flexibility index (Phi) is 8.31. The molecule has 1 aliphatic heterocycles. The van der Waals surface area contributed by atoms with Crippen LogP contribution in [0.15, 0.2) is 47.4 Å². The van der Waals surface area contributed by atoms with Crippen LogP contribution in [0.4, 0.5) is 0 Å². The van der Waals surface area contributed by atoms with E-state index in [0.29, 0.717) is 25.9 Å². The van der Waals surface area contributed by atoms with Crippen molar-refractivity contribution in [1.82, 2.24) is 14.9 Å². The lowest BCUT2D eigenvalue weighted by atomic mass is 9.94. The molecule has 0 aromatic heterocycles. The van der Waals surface area contributed by atoms with E-state index in [9.17, 15) is 18.0 Å². The minimum absolute atomic E-state index is 0.0403. The Hall–Kier alpha value is -2.91. The van der Waals surface area contributed by atoms with Crippen LogP contribution in [-0.2, 0) is 32.5 Å². The van der Waals surface area contributed by atoms with Crippen LogP contribution < -0.4 is 14.8 Å². The van der Waals surface area contributed by atoms with Gasteiger partial charge in [-0.1, -0.05) is 23.8 Å². The smallest absolute Gasteiger partial charge is 0.241 e. The van der Waals surface area contributed by atoms with Crippen molar-refractivity contribution in [2.75, 3.05) is 26.7 Å². The Bertz CT molecular complexity index is 1190. The van der Waals surface area contributed by atoms with Gasteiger partial charge in [-0.25, -0.2) is 13.1 Å². The number of ether oxygens (including phenoxy) is 1. The van der Waals surface area contributed by atoms with E-state index in [1.165, 1.54) is 23.3 Å². The lowest BCUT2D eigenvalue weighted by Crippen LogP contribution is -2.47. The molecule has 194 valence electrons. The summed E-state index contributed by atoms with van der Waals surface area (Å²) in [5.41, 5.74) is 3.50. The number of nitrogens with zero attached hydrogens (tertiary/aromatic N) is 1. The lowest BCUT2D eigenvalue weighted by Gasteiger charge is -2.32. The summed E-state index contributed by atoms with van der Waals surface area (Å²) in [6.45, 7) is 2.46. The van der Waals surface area contributed by atoms with Crippen LogP contribution in [0, 0.1) is 12.8 Å². The minimum atomic E-state index is -3.75. The first-order chi connectivity index (χ1) is 17.2. The van der Waals surface area contributed by atoms with Crippen molar-refractivity contribution in [3.63, 3.8) is 0 Å². The first kappa shape index (κ1) is 26.2. The van der Waals surface area contributed by atoms with Gasteiger partial charge in [0.15, 0.2) is 0 Å². The Labute approximate surface area is 213 Å². The van der Waals surface area contributed by atoms with Crippen molar-refractivity contribution >= 4 is 21.8 Å². The Balaban J connectivity index is 1.25. The molecule has 1 aliphatic carbocycles. The third-order valence-corrected chi connectivity index (χ3v) is 8.61. The fourth-order valence-electron chi connectivity index (χ4n) is 4.97. The van der Waals surface area contributed by atoms with E-state index in [0.717, 1.165) is 37.0 Å². The van der Waals surface area contributed by atoms with Crippen LogP contribution in [0.3, 0.4) is 0 Å². The summed E-state index contributed by atoms with van der Waals surface area (Å²) >= 11 is 0. The van der Waals surface area contributed by atoms with Crippen LogP contribution in [0.5, 0.6) is 5.75 Å². The van der Waals surface area contributed by atoms with Gasteiger partial charge in [0.25, 0.3) is 0 Å². The molecule has 2 aromatic carbocycles. The average Bonchev–Trinajstić information content (AvgIpc) is 3.08. The van der Waals surface area contributed by atoms with Gasteiger partial charge in [0.05, 0.1) is 18.6 Å².